The van der Waals surface area contributed by atoms with Crippen LogP contribution in [0.1, 0.15) is 41.0 Å². The van der Waals surface area contributed by atoms with Crippen LogP contribution in [-0.4, -0.2) is 43.4 Å². The third-order valence-corrected chi connectivity index (χ3v) is 11.8. The maximum Gasteiger partial charge on any atom is 0.258 e. The van der Waals surface area contributed by atoms with Crippen molar-refractivity contribution in [3.63, 3.8) is 0 Å². The fraction of sp³-hybridized carbons (Fsp3) is 0.314. The van der Waals surface area contributed by atoms with Crippen molar-refractivity contribution < 1.29 is 46.2 Å². The van der Waals surface area contributed by atoms with E-state index in [0.717, 1.165) is 4.90 Å². The smallest absolute Gasteiger partial charge is 0.258 e. The van der Waals surface area contributed by atoms with Crippen LogP contribution in [0.4, 0.5) is 27.6 Å². The molecule has 254 valence electrons. The predicted molar refractivity (Wildman–Crippen MR) is 166 cm³/mol. The Balaban J connectivity index is 1.42. The standard InChI is InChI=1S/C35H25Cl2F5N2O5/c1-14-10-17(11-15(2)29(14)45)22-18-8-9-19-21(31(47)43(30(19)46)13-16-6-4-3-5-7-16)20(18)12-34(36)32(48)44(33(49)35(22,34)37)28-26(41)24(39)23(38)25(40)27(28)42/h3-8,10-11,19-22,45H,9,12-13H2,1-2H3/t19-,20+,21-,22-,34+,35-/m0/s1. The van der Waals surface area contributed by atoms with Crippen LogP contribution >= 0.6 is 23.2 Å². The van der Waals surface area contributed by atoms with E-state index in [4.69, 9.17) is 23.2 Å². The number of phenolic OH excluding ortho intramolecular Hbond substituents is 1. The third kappa shape index (κ3) is 4.32. The number of hydrogen-bond acceptors (Lipinski definition) is 5. The molecule has 14 heteroatoms. The molecule has 3 fully saturated rings. The molecule has 2 heterocycles. The molecule has 0 radical (unpaired) electrons. The number of imide groups is 2. The van der Waals surface area contributed by atoms with Gasteiger partial charge < -0.3 is 5.11 Å². The molecule has 4 amide bonds. The highest BCUT2D eigenvalue weighted by atomic mass is 35.5. The summed E-state index contributed by atoms with van der Waals surface area (Å²) in [5, 5.41) is 10.5. The first-order valence-electron chi connectivity index (χ1n) is 15.2. The van der Waals surface area contributed by atoms with E-state index >= 15 is 8.78 Å². The molecule has 0 spiro atoms. The number of likely N-dealkylation sites (tertiary alicyclic amines) is 1. The molecule has 0 unspecified atom stereocenters. The second kappa shape index (κ2) is 11.1. The summed E-state index contributed by atoms with van der Waals surface area (Å²) < 4.78 is 73.3. The first kappa shape index (κ1) is 33.2. The molecule has 6 atom stereocenters. The molecule has 2 aliphatic carbocycles. The number of aromatic hydroxyl groups is 1. The van der Waals surface area contributed by atoms with Gasteiger partial charge in [-0.05, 0) is 54.9 Å². The molecule has 3 aromatic carbocycles. The van der Waals surface area contributed by atoms with Crippen LogP contribution in [0.25, 0.3) is 0 Å². The number of allylic oxidation sites excluding steroid dienone is 2. The van der Waals surface area contributed by atoms with Crippen LogP contribution in [0.2, 0.25) is 0 Å². The van der Waals surface area contributed by atoms with Crippen LogP contribution in [0.5, 0.6) is 5.75 Å². The topological polar surface area (TPSA) is 95.0 Å². The SMILES string of the molecule is Cc1cc([C@H]2C3=CC[C@@H]4C(=O)N(Cc5ccccc5)C(=O)[C@@H]4[C@@H]3C[C@@]3(Cl)C(=O)N(c4c(F)c(F)c(F)c(F)c4F)C(=O)[C@@]23Cl)cc(C)c1O. The van der Waals surface area contributed by atoms with Gasteiger partial charge in [0.05, 0.1) is 18.4 Å². The average Bonchev–Trinajstić information content (AvgIpc) is 3.40. The Labute approximate surface area is 285 Å². The van der Waals surface area contributed by atoms with Crippen molar-refractivity contribution in [1.29, 1.82) is 0 Å². The number of rotatable bonds is 4. The van der Waals surface area contributed by atoms with E-state index in [1.54, 1.807) is 50.3 Å². The van der Waals surface area contributed by atoms with E-state index < -0.39 is 98.2 Å². The highest BCUT2D eigenvalue weighted by Gasteiger charge is 2.77. The summed E-state index contributed by atoms with van der Waals surface area (Å²) in [6.45, 7) is 3.07. The zero-order chi connectivity index (χ0) is 35.5. The fourth-order valence-electron chi connectivity index (χ4n) is 8.08. The first-order valence-corrected chi connectivity index (χ1v) is 16.0. The number of carbonyl (C=O) groups is 4. The van der Waals surface area contributed by atoms with Gasteiger partial charge in [-0.2, -0.15) is 0 Å². The maximum atomic E-state index is 15.2. The van der Waals surface area contributed by atoms with Gasteiger partial charge in [0.15, 0.2) is 33.0 Å². The summed E-state index contributed by atoms with van der Waals surface area (Å²) in [4.78, 5) is 52.1. The largest absolute Gasteiger partial charge is 0.507 e. The summed E-state index contributed by atoms with van der Waals surface area (Å²) in [6, 6.07) is 11.7. The summed E-state index contributed by atoms with van der Waals surface area (Å²) in [6.07, 6.45) is 1.07. The van der Waals surface area contributed by atoms with Crippen LogP contribution in [-0.2, 0) is 25.7 Å². The lowest BCUT2D eigenvalue weighted by Gasteiger charge is -2.50. The van der Waals surface area contributed by atoms with E-state index in [0.29, 0.717) is 22.3 Å². The Morgan fingerprint density at radius 1 is 0.816 bits per heavy atom. The van der Waals surface area contributed by atoms with E-state index in [9.17, 15) is 37.5 Å². The number of carbonyl (C=O) groups excluding carboxylic acids is 4. The van der Waals surface area contributed by atoms with Gasteiger partial charge in [-0.1, -0.05) is 54.1 Å². The molecule has 2 saturated heterocycles. The van der Waals surface area contributed by atoms with Crippen LogP contribution in [0.3, 0.4) is 0 Å². The summed E-state index contributed by atoms with van der Waals surface area (Å²) in [5.41, 5.74) is 0.0355. The number of hydrogen-bond donors (Lipinski definition) is 1. The lowest BCUT2D eigenvalue weighted by atomic mass is 9.56. The second-order valence-electron chi connectivity index (χ2n) is 12.9. The molecule has 1 N–H and O–H groups in total. The average molecular weight is 719 g/mol. The number of phenols is 1. The Kier molecular flexibility index (Phi) is 7.53. The number of anilines is 1. The zero-order valence-corrected chi connectivity index (χ0v) is 27.2. The molecular formula is C35H25Cl2F5N2O5. The van der Waals surface area contributed by atoms with Crippen molar-refractivity contribution in [2.75, 3.05) is 4.90 Å². The molecule has 7 nitrogen and oxygen atoms in total. The van der Waals surface area contributed by atoms with Gasteiger partial charge in [0.25, 0.3) is 11.8 Å². The zero-order valence-electron chi connectivity index (χ0n) is 25.7. The minimum atomic E-state index is -2.63. The molecule has 49 heavy (non-hydrogen) atoms. The van der Waals surface area contributed by atoms with E-state index in [1.165, 1.54) is 12.1 Å². The van der Waals surface area contributed by atoms with E-state index in [1.807, 2.05) is 0 Å². The fourth-order valence-corrected chi connectivity index (χ4v) is 9.02. The normalized spacial score (nSPS) is 29.3. The van der Waals surface area contributed by atoms with E-state index in [2.05, 4.69) is 0 Å². The molecule has 1 saturated carbocycles. The highest BCUT2D eigenvalue weighted by Crippen LogP contribution is 2.66. The Hall–Kier alpha value is -4.29. The van der Waals surface area contributed by atoms with Crippen LogP contribution in [0, 0.1) is 60.7 Å². The van der Waals surface area contributed by atoms with Crippen molar-refractivity contribution in [3.05, 3.63) is 105 Å². The molecule has 3 aromatic rings. The summed E-state index contributed by atoms with van der Waals surface area (Å²) >= 11 is 14.3. The molecule has 0 bridgehead atoms. The van der Waals surface area contributed by atoms with Crippen molar-refractivity contribution in [1.82, 2.24) is 4.90 Å². The van der Waals surface area contributed by atoms with Crippen molar-refractivity contribution in [3.8, 4) is 5.75 Å². The number of amides is 4. The van der Waals surface area contributed by atoms with Crippen molar-refractivity contribution in [2.24, 2.45) is 17.8 Å². The lowest BCUT2D eigenvalue weighted by Crippen LogP contribution is -2.60. The summed E-state index contributed by atoms with van der Waals surface area (Å²) in [5.74, 6) is -20.8. The first-order chi connectivity index (χ1) is 23.1. The summed E-state index contributed by atoms with van der Waals surface area (Å²) in [7, 11) is 0. The number of aryl methyl sites for hydroxylation is 2. The Bertz CT molecular complexity index is 2010. The van der Waals surface area contributed by atoms with E-state index in [-0.39, 0.29) is 29.2 Å². The van der Waals surface area contributed by atoms with Crippen molar-refractivity contribution >= 4 is 52.5 Å². The quantitative estimate of drug-likeness (QED) is 0.0834. The van der Waals surface area contributed by atoms with Gasteiger partial charge in [-0.25, -0.2) is 26.9 Å². The van der Waals surface area contributed by atoms with Gasteiger partial charge in [-0.3, -0.25) is 24.1 Å². The Morgan fingerprint density at radius 3 is 1.98 bits per heavy atom. The van der Waals surface area contributed by atoms with Gasteiger partial charge in [0, 0.05) is 5.92 Å². The number of benzene rings is 3. The van der Waals surface area contributed by atoms with Crippen molar-refractivity contribution in [2.45, 2.75) is 48.9 Å². The number of alkyl halides is 2. The van der Waals surface area contributed by atoms with Gasteiger partial charge >= 0.3 is 0 Å². The third-order valence-electron chi connectivity index (χ3n) is 10.3. The van der Waals surface area contributed by atoms with Gasteiger partial charge in [0.1, 0.15) is 11.4 Å². The molecule has 7 rings (SSSR count). The van der Waals surface area contributed by atoms with Crippen LogP contribution < -0.4 is 4.90 Å². The minimum Gasteiger partial charge on any atom is -0.507 e. The second-order valence-corrected chi connectivity index (χ2v) is 14.2. The Morgan fingerprint density at radius 2 is 1.39 bits per heavy atom. The minimum absolute atomic E-state index is 0.0324. The number of nitrogens with zero attached hydrogens (tertiary/aromatic N) is 2. The monoisotopic (exact) mass is 718 g/mol. The number of fused-ring (bicyclic) bond motifs is 4. The molecule has 2 aliphatic heterocycles. The highest BCUT2D eigenvalue weighted by molar-refractivity contribution is 6.58. The van der Waals surface area contributed by atoms with Gasteiger partial charge in [-0.15, -0.1) is 23.2 Å². The lowest BCUT2D eigenvalue weighted by molar-refractivity contribution is -0.141. The predicted octanol–water partition coefficient (Wildman–Crippen LogP) is 6.47. The maximum absolute atomic E-state index is 15.2. The van der Waals surface area contributed by atoms with Gasteiger partial charge in [0.2, 0.25) is 17.6 Å². The molecular weight excluding hydrogens is 694 g/mol. The molecule has 0 aromatic heterocycles. The van der Waals surface area contributed by atoms with Crippen LogP contribution in [0.15, 0.2) is 54.1 Å². The number of halogens is 7. The molecule has 4 aliphatic rings.